The monoisotopic (exact) mass is 337 g/mol. The molecule has 0 atom stereocenters. The lowest BCUT2D eigenvalue weighted by atomic mass is 10.0. The molecule has 0 aliphatic rings. The Hall–Kier alpha value is -2.98. The summed E-state index contributed by atoms with van der Waals surface area (Å²) < 4.78 is 1.87. The van der Waals surface area contributed by atoms with Gasteiger partial charge in [-0.15, -0.1) is 11.3 Å². The number of amides is 1. The number of rotatable bonds is 4. The zero-order valence-electron chi connectivity index (χ0n) is 13.3. The number of carbonyl (C=O) groups is 1. The summed E-state index contributed by atoms with van der Waals surface area (Å²) in [5.41, 5.74) is 10.1. The molecular weight excluding hydrogens is 322 g/mol. The maximum absolute atomic E-state index is 11.2. The zero-order valence-corrected chi connectivity index (χ0v) is 14.1. The molecule has 0 saturated heterocycles. The summed E-state index contributed by atoms with van der Waals surface area (Å²) in [7, 11) is 0. The number of primary amides is 1. The van der Waals surface area contributed by atoms with Gasteiger partial charge >= 0.3 is 0 Å². The Morgan fingerprint density at radius 1 is 1.33 bits per heavy atom. The third-order valence-electron chi connectivity index (χ3n) is 3.77. The summed E-state index contributed by atoms with van der Waals surface area (Å²) in [6.45, 7) is 4.44. The largest absolute Gasteiger partial charge is 0.364 e. The number of aryl methyl sites for hydroxylation is 1. The van der Waals surface area contributed by atoms with Crippen molar-refractivity contribution < 1.29 is 4.79 Å². The number of nitrogens with two attached hydrogens (primary N) is 1. The lowest BCUT2D eigenvalue weighted by Gasteiger charge is -2.04. The minimum atomic E-state index is -0.524. The first-order chi connectivity index (χ1) is 11.5. The van der Waals surface area contributed by atoms with E-state index in [2.05, 4.69) is 16.2 Å². The Bertz CT molecular complexity index is 947. The van der Waals surface area contributed by atoms with Crippen LogP contribution < -0.4 is 5.73 Å². The van der Waals surface area contributed by atoms with Crippen LogP contribution in [0.5, 0.6) is 0 Å². The molecule has 24 heavy (non-hydrogen) atoms. The normalized spacial score (nSPS) is 10.5. The molecule has 6 nitrogen and oxygen atoms in total. The molecule has 0 aliphatic carbocycles. The van der Waals surface area contributed by atoms with Gasteiger partial charge in [0.25, 0.3) is 5.91 Å². The van der Waals surface area contributed by atoms with Gasteiger partial charge in [-0.3, -0.25) is 9.48 Å². The molecule has 0 aliphatic heterocycles. The molecule has 0 unspecified atom stereocenters. The maximum atomic E-state index is 11.2. The number of hydrogen-bond donors (Lipinski definition) is 1. The molecule has 0 bridgehead atoms. The molecule has 0 fully saturated rings. The van der Waals surface area contributed by atoms with Crippen molar-refractivity contribution >= 4 is 17.2 Å². The van der Waals surface area contributed by atoms with Crippen LogP contribution in [0.2, 0.25) is 0 Å². The Morgan fingerprint density at radius 3 is 2.62 bits per heavy atom. The van der Waals surface area contributed by atoms with Gasteiger partial charge in [-0.1, -0.05) is 12.1 Å². The first kappa shape index (κ1) is 15.9. The van der Waals surface area contributed by atoms with Crippen LogP contribution in [0.1, 0.15) is 32.4 Å². The first-order valence-electron chi connectivity index (χ1n) is 7.28. The fraction of sp³-hybridized carbons (Fsp3) is 0.176. The average molecular weight is 337 g/mol. The summed E-state index contributed by atoms with van der Waals surface area (Å²) in [5.74, 6) is -0.524. The predicted molar refractivity (Wildman–Crippen MR) is 91.6 cm³/mol. The Kier molecular flexibility index (Phi) is 4.15. The molecule has 3 rings (SSSR count). The number of benzene rings is 1. The molecule has 0 radical (unpaired) electrons. The summed E-state index contributed by atoms with van der Waals surface area (Å²) in [5, 5.41) is 15.9. The van der Waals surface area contributed by atoms with Gasteiger partial charge in [0.1, 0.15) is 10.7 Å². The van der Waals surface area contributed by atoms with Crippen molar-refractivity contribution in [3.05, 3.63) is 57.3 Å². The minimum Gasteiger partial charge on any atom is -0.364 e. The van der Waals surface area contributed by atoms with E-state index in [1.807, 2.05) is 30.7 Å². The van der Waals surface area contributed by atoms with E-state index in [-0.39, 0.29) is 5.69 Å². The molecule has 1 amide bonds. The van der Waals surface area contributed by atoms with Gasteiger partial charge in [-0.25, -0.2) is 4.98 Å². The number of aromatic nitrogens is 3. The van der Waals surface area contributed by atoms with Crippen LogP contribution >= 0.6 is 11.3 Å². The number of nitriles is 1. The number of nitrogens with zero attached hydrogens (tertiary/aromatic N) is 4. The van der Waals surface area contributed by atoms with Crippen LogP contribution in [-0.4, -0.2) is 20.7 Å². The summed E-state index contributed by atoms with van der Waals surface area (Å²) in [4.78, 5) is 15.4. The fourth-order valence-electron chi connectivity index (χ4n) is 2.60. The van der Waals surface area contributed by atoms with Crippen molar-refractivity contribution in [2.24, 2.45) is 5.73 Å². The third-order valence-corrected chi connectivity index (χ3v) is 4.61. The molecule has 120 valence electrons. The molecule has 2 aromatic heterocycles. The van der Waals surface area contributed by atoms with Gasteiger partial charge in [-0.2, -0.15) is 10.4 Å². The van der Waals surface area contributed by atoms with Crippen molar-refractivity contribution in [1.82, 2.24) is 14.8 Å². The molecule has 0 saturated carbocycles. The Morgan fingerprint density at radius 2 is 2.04 bits per heavy atom. The van der Waals surface area contributed by atoms with Gasteiger partial charge in [0.05, 0.1) is 23.9 Å². The highest BCUT2D eigenvalue weighted by Gasteiger charge is 2.15. The minimum absolute atomic E-state index is 0.281. The second-order valence-electron chi connectivity index (χ2n) is 5.38. The Labute approximate surface area is 143 Å². The molecule has 0 spiro atoms. The van der Waals surface area contributed by atoms with Crippen molar-refractivity contribution in [3.8, 4) is 17.2 Å². The smallest absolute Gasteiger partial charge is 0.268 e. The van der Waals surface area contributed by atoms with E-state index in [1.54, 1.807) is 17.5 Å². The van der Waals surface area contributed by atoms with Crippen molar-refractivity contribution in [2.45, 2.75) is 20.4 Å². The number of carbonyl (C=O) groups excluding carboxylic acids is 1. The second kappa shape index (κ2) is 6.26. The highest BCUT2D eigenvalue weighted by molar-refractivity contribution is 7.09. The fourth-order valence-corrected chi connectivity index (χ4v) is 3.37. The lowest BCUT2D eigenvalue weighted by molar-refractivity contribution is 0.0996. The third kappa shape index (κ3) is 2.92. The van der Waals surface area contributed by atoms with Crippen LogP contribution in [0.3, 0.4) is 0 Å². The molecule has 3 aromatic rings. The molecule has 2 heterocycles. The van der Waals surface area contributed by atoms with E-state index < -0.39 is 5.91 Å². The van der Waals surface area contributed by atoms with Gasteiger partial charge in [0.2, 0.25) is 0 Å². The van der Waals surface area contributed by atoms with Crippen LogP contribution in [0, 0.1) is 25.2 Å². The molecule has 1 aromatic carbocycles. The van der Waals surface area contributed by atoms with Crippen LogP contribution in [0.4, 0.5) is 0 Å². The quantitative estimate of drug-likeness (QED) is 0.791. The van der Waals surface area contributed by atoms with Crippen molar-refractivity contribution in [3.63, 3.8) is 0 Å². The second-order valence-corrected chi connectivity index (χ2v) is 6.33. The summed E-state index contributed by atoms with van der Waals surface area (Å²) in [6.07, 6.45) is 0. The zero-order chi connectivity index (χ0) is 17.3. The van der Waals surface area contributed by atoms with Crippen LogP contribution in [0.15, 0.2) is 29.6 Å². The van der Waals surface area contributed by atoms with E-state index >= 15 is 0 Å². The van der Waals surface area contributed by atoms with Gasteiger partial charge in [0, 0.05) is 16.6 Å². The number of hydrogen-bond acceptors (Lipinski definition) is 5. The van der Waals surface area contributed by atoms with Gasteiger partial charge < -0.3 is 5.73 Å². The highest BCUT2D eigenvalue weighted by atomic mass is 32.1. The topological polar surface area (TPSA) is 97.6 Å². The van der Waals surface area contributed by atoms with E-state index in [0.717, 1.165) is 27.5 Å². The van der Waals surface area contributed by atoms with E-state index in [0.29, 0.717) is 12.1 Å². The van der Waals surface area contributed by atoms with Gasteiger partial charge in [-0.05, 0) is 31.5 Å². The molecule has 7 heteroatoms. The van der Waals surface area contributed by atoms with Crippen molar-refractivity contribution in [2.75, 3.05) is 0 Å². The highest BCUT2D eigenvalue weighted by Crippen LogP contribution is 2.27. The maximum Gasteiger partial charge on any atom is 0.268 e. The van der Waals surface area contributed by atoms with Crippen molar-refractivity contribution in [1.29, 1.82) is 5.26 Å². The molecule has 2 N–H and O–H groups in total. The summed E-state index contributed by atoms with van der Waals surface area (Å²) >= 11 is 1.39. The SMILES string of the molecule is Cc1nn(Cc2nc(C(N)=O)cs2)c(C)c1-c1ccc(C#N)cc1. The van der Waals surface area contributed by atoms with E-state index in [9.17, 15) is 4.79 Å². The standard InChI is InChI=1S/C17H15N5OS/c1-10-16(13-5-3-12(7-18)4-6-13)11(2)22(21-10)8-15-20-14(9-24-15)17(19)23/h3-6,9H,8H2,1-2H3,(H2,19,23). The van der Waals surface area contributed by atoms with Crippen LogP contribution in [-0.2, 0) is 6.54 Å². The first-order valence-corrected chi connectivity index (χ1v) is 8.16. The van der Waals surface area contributed by atoms with E-state index in [4.69, 9.17) is 11.0 Å². The summed E-state index contributed by atoms with van der Waals surface area (Å²) in [6, 6.07) is 9.56. The lowest BCUT2D eigenvalue weighted by Crippen LogP contribution is -2.12. The van der Waals surface area contributed by atoms with Gasteiger partial charge in [0.15, 0.2) is 0 Å². The number of thiazole rings is 1. The molecular formula is C17H15N5OS. The Balaban J connectivity index is 1.93. The van der Waals surface area contributed by atoms with Crippen LogP contribution in [0.25, 0.3) is 11.1 Å². The average Bonchev–Trinajstić information content (AvgIpc) is 3.13. The van der Waals surface area contributed by atoms with E-state index in [1.165, 1.54) is 11.3 Å². The predicted octanol–water partition coefficient (Wildman–Crippen LogP) is 2.64.